The van der Waals surface area contributed by atoms with Gasteiger partial charge in [0.25, 0.3) is 0 Å². The Hall–Kier alpha value is -3.23. The van der Waals surface area contributed by atoms with Crippen LogP contribution in [0.5, 0.6) is 0 Å². The molecule has 0 N–H and O–H groups in total. The smallest absolute Gasteiger partial charge is 0.0948 e. The van der Waals surface area contributed by atoms with Crippen molar-refractivity contribution >= 4 is 29.1 Å². The number of rotatable bonds is 24. The van der Waals surface area contributed by atoms with Crippen molar-refractivity contribution in [3.63, 3.8) is 0 Å². The number of unbranched alkanes of at least 4 members (excludes halogenated alkanes) is 10. The fraction of sp³-hybridized carbons (Fsp3) is 0.476. The van der Waals surface area contributed by atoms with Crippen molar-refractivity contribution < 1.29 is 9.53 Å². The zero-order valence-corrected chi connectivity index (χ0v) is 29.9. The van der Waals surface area contributed by atoms with Crippen molar-refractivity contribution in [2.24, 2.45) is 0 Å². The molecule has 1 aromatic heterocycles. The molecule has 0 aliphatic heterocycles. The van der Waals surface area contributed by atoms with E-state index in [1.165, 1.54) is 93.0 Å². The van der Waals surface area contributed by atoms with Crippen LogP contribution in [0.2, 0.25) is 0 Å². The van der Waals surface area contributed by atoms with Crippen LogP contribution in [-0.4, -0.2) is 28.3 Å². The van der Waals surface area contributed by atoms with E-state index in [4.69, 9.17) is 4.74 Å². The molecule has 3 aromatic carbocycles. The van der Waals surface area contributed by atoms with Crippen LogP contribution < -0.4 is 15.9 Å². The summed E-state index contributed by atoms with van der Waals surface area (Å²) in [5.41, 5.74) is 0. The van der Waals surface area contributed by atoms with Crippen molar-refractivity contribution in [1.29, 1.82) is 0 Å². The Balaban J connectivity index is 1.09. The molecule has 47 heavy (non-hydrogen) atoms. The number of carbonyl (C=O) groups excluding carboxylic acids is 1. The quantitative estimate of drug-likeness (QED) is 0.0429. The second-order valence-electron chi connectivity index (χ2n) is 13.2. The summed E-state index contributed by atoms with van der Waals surface area (Å²) in [7, 11) is -2.27. The first-order valence-corrected chi connectivity index (χ1v) is 20.7. The van der Waals surface area contributed by atoms with Gasteiger partial charge in [0, 0.05) is 18.4 Å². The molecule has 0 aliphatic rings. The minimum absolute atomic E-state index is 0.0416. The molecule has 1 atom stereocenters. The van der Waals surface area contributed by atoms with E-state index in [1.54, 1.807) is 0 Å². The number of benzene rings is 3. The molecular weight excluding hydrogens is 595 g/mol. The maximum absolute atomic E-state index is 12.6. The largest absolute Gasteiger partial charge is 0.334 e. The van der Waals surface area contributed by atoms with Crippen LogP contribution >= 0.6 is 7.26 Å². The molecule has 0 spiro atoms. The molecule has 0 radical (unpaired) electrons. The van der Waals surface area contributed by atoms with E-state index in [-0.39, 0.29) is 5.97 Å². The molecule has 4 nitrogen and oxygen atoms in total. The molecule has 1 heterocycles. The summed E-state index contributed by atoms with van der Waals surface area (Å²) in [4.78, 5) is 16.9. The molecule has 0 amide bonds. The van der Waals surface area contributed by atoms with Crippen LogP contribution in [0.1, 0.15) is 116 Å². The van der Waals surface area contributed by atoms with Gasteiger partial charge in [-0.15, -0.1) is 0 Å². The molecule has 1 unspecified atom stereocenters. The standard InChI is InChI=1S/C42H59N2O2P/c1-2-3-14-24-38(44-34-33-43-37-44)25-15-9-7-5-4-6-8-10-22-32-42(45)46-35-23-36-47(39-26-16-11-17-27-39,40-28-18-12-19-29-40)41-30-20-13-21-31-41/h11-13,16-21,26-31,33-34,37-38,47H,2-10,14-15,22-25,32,35-36H2,1H3. The summed E-state index contributed by atoms with van der Waals surface area (Å²) in [6.45, 7) is 2.76. The van der Waals surface area contributed by atoms with E-state index in [0.29, 0.717) is 19.1 Å². The summed E-state index contributed by atoms with van der Waals surface area (Å²) >= 11 is 0. The van der Waals surface area contributed by atoms with Gasteiger partial charge in [0.15, 0.2) is 0 Å². The minimum Gasteiger partial charge on any atom is -0.334 e. The van der Waals surface area contributed by atoms with E-state index in [0.717, 1.165) is 25.4 Å². The van der Waals surface area contributed by atoms with Gasteiger partial charge in [-0.1, -0.05) is 45.4 Å². The number of aromatic nitrogens is 2. The second kappa shape index (κ2) is 21.6. The Morgan fingerprint density at radius 3 is 1.64 bits per heavy atom. The molecule has 0 fully saturated rings. The topological polar surface area (TPSA) is 44.1 Å². The number of hydrogen-bond donors (Lipinski definition) is 0. The Morgan fingerprint density at radius 1 is 0.660 bits per heavy atom. The fourth-order valence-electron chi connectivity index (χ4n) is 7.14. The van der Waals surface area contributed by atoms with Crippen molar-refractivity contribution in [2.75, 3.05) is 12.8 Å². The number of carbonyl (C=O) groups is 1. The van der Waals surface area contributed by atoms with E-state index in [9.17, 15) is 4.79 Å². The first-order chi connectivity index (χ1) is 23.2. The van der Waals surface area contributed by atoms with E-state index in [2.05, 4.69) is 114 Å². The van der Waals surface area contributed by atoms with Gasteiger partial charge in [-0.3, -0.25) is 0 Å². The summed E-state index contributed by atoms with van der Waals surface area (Å²) < 4.78 is 8.09. The zero-order chi connectivity index (χ0) is 32.8. The van der Waals surface area contributed by atoms with Gasteiger partial charge in [0.2, 0.25) is 0 Å². The summed E-state index contributed by atoms with van der Waals surface area (Å²) in [6, 6.07) is 33.5. The van der Waals surface area contributed by atoms with Crippen LogP contribution in [0, 0.1) is 0 Å². The molecule has 254 valence electrons. The molecule has 5 heteroatoms. The normalized spacial score (nSPS) is 12.5. The third kappa shape index (κ3) is 12.1. The van der Waals surface area contributed by atoms with Crippen molar-refractivity contribution in [3.05, 3.63) is 110 Å². The Labute approximate surface area is 285 Å². The predicted octanol–water partition coefficient (Wildman–Crippen LogP) is 9.96. The fourth-order valence-corrected chi connectivity index (χ4v) is 12.0. The molecule has 0 aliphatic carbocycles. The maximum atomic E-state index is 12.6. The second-order valence-corrected chi connectivity index (χ2v) is 17.3. The number of esters is 1. The molecule has 4 rings (SSSR count). The van der Waals surface area contributed by atoms with Gasteiger partial charge in [-0.25, -0.2) is 4.98 Å². The van der Waals surface area contributed by atoms with Crippen LogP contribution in [-0.2, 0) is 9.53 Å². The van der Waals surface area contributed by atoms with Crippen molar-refractivity contribution in [1.82, 2.24) is 9.55 Å². The molecule has 4 aromatic rings. The van der Waals surface area contributed by atoms with Gasteiger partial charge in [0.1, 0.15) is 0 Å². The minimum atomic E-state index is -2.27. The van der Waals surface area contributed by atoms with E-state index in [1.807, 2.05) is 12.5 Å². The van der Waals surface area contributed by atoms with Gasteiger partial charge in [-0.2, -0.15) is 0 Å². The Morgan fingerprint density at radius 2 is 1.15 bits per heavy atom. The van der Waals surface area contributed by atoms with E-state index >= 15 is 0 Å². The average Bonchev–Trinajstić information content (AvgIpc) is 3.66. The van der Waals surface area contributed by atoms with Gasteiger partial charge < -0.3 is 4.57 Å². The molecule has 0 saturated carbocycles. The SMILES string of the molecule is CCCCCC(CCCCCCCCCCCC(=O)OCCC[PH](c1ccccc1)(c1ccccc1)c1ccccc1)n1ccnc1. The van der Waals surface area contributed by atoms with Crippen molar-refractivity contribution in [3.8, 4) is 0 Å². The number of ether oxygens (including phenoxy) is 1. The monoisotopic (exact) mass is 654 g/mol. The molecule has 0 saturated heterocycles. The van der Waals surface area contributed by atoms with Crippen LogP contribution in [0.3, 0.4) is 0 Å². The Bertz CT molecular complexity index is 1250. The average molecular weight is 655 g/mol. The van der Waals surface area contributed by atoms with Crippen LogP contribution in [0.25, 0.3) is 0 Å². The Kier molecular flexibility index (Phi) is 16.8. The van der Waals surface area contributed by atoms with Crippen molar-refractivity contribution in [2.45, 2.75) is 116 Å². The first-order valence-electron chi connectivity index (χ1n) is 18.5. The third-order valence-electron chi connectivity index (χ3n) is 9.76. The number of nitrogens with zero attached hydrogens (tertiary/aromatic N) is 2. The van der Waals surface area contributed by atoms with Gasteiger partial charge in [0.05, 0.1) is 6.33 Å². The number of hydrogen-bond acceptors (Lipinski definition) is 3. The maximum Gasteiger partial charge on any atom is 0.0948 e. The van der Waals surface area contributed by atoms with Gasteiger partial charge in [-0.05, 0) is 12.8 Å². The summed E-state index contributed by atoms with van der Waals surface area (Å²) in [5, 5.41) is 4.21. The van der Waals surface area contributed by atoms with E-state index < -0.39 is 7.26 Å². The first kappa shape index (κ1) is 36.6. The third-order valence-corrected chi connectivity index (χ3v) is 14.8. The predicted molar refractivity (Wildman–Crippen MR) is 203 cm³/mol. The summed E-state index contributed by atoms with van der Waals surface area (Å²) in [6.07, 6.45) is 26.1. The van der Waals surface area contributed by atoms with Crippen LogP contribution in [0.15, 0.2) is 110 Å². The number of imidazole rings is 1. The zero-order valence-electron chi connectivity index (χ0n) is 28.9. The molecular formula is C42H59N2O2P. The van der Waals surface area contributed by atoms with Crippen LogP contribution in [0.4, 0.5) is 0 Å². The summed E-state index contributed by atoms with van der Waals surface area (Å²) in [5.74, 6) is -0.0416. The molecule has 0 bridgehead atoms. The van der Waals surface area contributed by atoms with Gasteiger partial charge >= 0.3 is 194 Å².